The van der Waals surface area contributed by atoms with Gasteiger partial charge in [-0.1, -0.05) is 82.3 Å². The number of rotatable bonds is 26. The average molecular weight is 1500 g/mol. The van der Waals surface area contributed by atoms with Crippen molar-refractivity contribution in [1.82, 2.24) is 67.1 Å². The number of carboxylic acid groups (broad SMARTS) is 5. The van der Waals surface area contributed by atoms with E-state index in [0.717, 1.165) is 42.4 Å². The van der Waals surface area contributed by atoms with Gasteiger partial charge in [0.25, 0.3) is 5.97 Å². The maximum atomic E-state index is 15.3. The molecule has 10 atom stereocenters. The Bertz CT molecular complexity index is 3520. The molecule has 0 radical (unpaired) electrons. The topological polar surface area (TPSA) is 535 Å². The Morgan fingerprint density at radius 1 is 0.577 bits per heavy atom. The van der Waals surface area contributed by atoms with Gasteiger partial charge in [-0.25, -0.2) is 4.79 Å². The summed E-state index contributed by atoms with van der Waals surface area (Å²) in [7, 11) is 1.66. The Labute approximate surface area is 606 Å². The van der Waals surface area contributed by atoms with Crippen LogP contribution in [-0.2, 0) is 81.6 Å². The van der Waals surface area contributed by atoms with E-state index in [1.165, 1.54) is 24.3 Å². The molecule has 2 aliphatic rings. The standard InChI is InChI=1S/C65H90N14O19S2.C2H4O2/c1-38(80)56-64(96)73-51(63(95)75-57(39(2)81)65(97)98)37-100-99-36-50(72-59(91)47(28-40-10-4-3-5-11-40)68-52(83)32-76-20-22-77(33-53(84)85)24-26-79(35-55(88)89)27-25-78(23-21-76)34-54(86)87)62(94)70-48(29-41-15-17-43(82)18-16-41)60(92)71-49(30-42-31-67-45-13-7-6-12-44(42)45)61(93)69-46(58(90)74-56)14-8-9-19-66;1-2(3)4/h3-7,10-13,15-18,31,38-39,46-51,56-57,67,80-82H,8-9,14,19-30,32-37,66H2,1-2H3,(H,68,83)(H,69,93)(H,70,94)(H,71,92)(H,72,91)(H,73,96)(H,74,90)(H,75,95)(H,84,85)(H,86,87)(H,88,89)(H,97,98);1H3,(H,3,4)/t38-,39-,46+,47-,48?,49-,50+,51?,56?,57+;/m1./s1. The summed E-state index contributed by atoms with van der Waals surface area (Å²) in [6.07, 6.45) is -1.92. The number of nitrogens with two attached hydrogens (primary N) is 1. The van der Waals surface area contributed by atoms with Crippen LogP contribution in [0.2, 0.25) is 0 Å². The van der Waals surface area contributed by atoms with Crippen molar-refractivity contribution in [1.29, 1.82) is 0 Å². The average Bonchev–Trinajstić information content (AvgIpc) is 1.58. The monoisotopic (exact) mass is 1490 g/mol. The van der Waals surface area contributed by atoms with Crippen molar-refractivity contribution in [3.05, 3.63) is 102 Å². The summed E-state index contributed by atoms with van der Waals surface area (Å²) >= 11 is 0. The number of nitrogens with one attached hydrogen (secondary N) is 9. The van der Waals surface area contributed by atoms with E-state index in [4.69, 9.17) is 15.6 Å². The van der Waals surface area contributed by atoms with Crippen LogP contribution in [0.1, 0.15) is 56.7 Å². The summed E-state index contributed by atoms with van der Waals surface area (Å²) in [5, 5.41) is 99.8. The molecule has 0 saturated carbocycles. The predicted octanol–water partition coefficient (Wildman–Crippen LogP) is -3.28. The fourth-order valence-electron chi connectivity index (χ4n) is 11.1. The van der Waals surface area contributed by atoms with Crippen molar-refractivity contribution < 1.29 is 103 Å². The third-order valence-corrected chi connectivity index (χ3v) is 19.0. The van der Waals surface area contributed by atoms with Crippen molar-refractivity contribution in [2.24, 2.45) is 5.73 Å². The van der Waals surface area contributed by atoms with Gasteiger partial charge in [0.15, 0.2) is 6.04 Å². The van der Waals surface area contributed by atoms with Crippen LogP contribution in [0.3, 0.4) is 0 Å². The summed E-state index contributed by atoms with van der Waals surface area (Å²) in [6, 6.07) is 7.92. The molecule has 2 saturated heterocycles. The van der Waals surface area contributed by atoms with Crippen molar-refractivity contribution in [3.8, 4) is 5.75 Å². The third kappa shape index (κ3) is 30.1. The molecule has 570 valence electrons. The number of aromatic nitrogens is 1. The highest BCUT2D eigenvalue weighted by atomic mass is 33.1. The minimum Gasteiger partial charge on any atom is -0.508 e. The number of hydrogen-bond donors (Lipinski definition) is 18. The second-order valence-electron chi connectivity index (χ2n) is 25.0. The molecule has 0 spiro atoms. The molecule has 3 unspecified atom stereocenters. The van der Waals surface area contributed by atoms with Gasteiger partial charge in [0, 0.05) is 107 Å². The van der Waals surface area contributed by atoms with E-state index in [9.17, 15) is 78.9 Å². The molecule has 6 rings (SSSR count). The number of amides is 8. The minimum absolute atomic E-state index is 0.0426. The van der Waals surface area contributed by atoms with Crippen LogP contribution in [-0.4, -0.2) is 300 Å². The van der Waals surface area contributed by atoms with Gasteiger partial charge in [-0.15, -0.1) is 0 Å². The zero-order valence-corrected chi connectivity index (χ0v) is 59.4. The normalized spacial score (nSPS) is 21.3. The number of phenols is 1. The lowest BCUT2D eigenvalue weighted by Crippen LogP contribution is -2.62. The maximum Gasteiger partial charge on any atom is 0.328 e. The van der Waals surface area contributed by atoms with Crippen molar-refractivity contribution in [3.63, 3.8) is 0 Å². The molecule has 4 aromatic rings. The summed E-state index contributed by atoms with van der Waals surface area (Å²) in [4.78, 5) is 185. The highest BCUT2D eigenvalue weighted by Crippen LogP contribution is 2.25. The van der Waals surface area contributed by atoms with Crippen LogP contribution in [0.5, 0.6) is 5.75 Å². The first-order valence-corrected chi connectivity index (χ1v) is 35.9. The van der Waals surface area contributed by atoms with Crippen LogP contribution < -0.4 is 48.3 Å². The number of aromatic hydroxyl groups is 1. The minimum atomic E-state index is -1.91. The number of carboxylic acids is 5. The Balaban J connectivity index is 0.00000473. The second kappa shape index (κ2) is 43.6. The van der Waals surface area contributed by atoms with Gasteiger partial charge >= 0.3 is 23.9 Å². The molecule has 3 aromatic carbocycles. The van der Waals surface area contributed by atoms with Gasteiger partial charge in [0.2, 0.25) is 47.3 Å². The molecule has 0 bridgehead atoms. The lowest BCUT2D eigenvalue weighted by molar-refractivity contribution is -0.145. The molecule has 0 aliphatic carbocycles. The largest absolute Gasteiger partial charge is 0.508 e. The summed E-state index contributed by atoms with van der Waals surface area (Å²) < 4.78 is 0. The number of fused-ring (bicyclic) bond motifs is 1. The molecule has 19 N–H and O–H groups in total. The van der Waals surface area contributed by atoms with Crippen molar-refractivity contribution in [2.75, 3.05) is 96.6 Å². The smallest absolute Gasteiger partial charge is 0.328 e. The van der Waals surface area contributed by atoms with E-state index in [-0.39, 0.29) is 103 Å². The van der Waals surface area contributed by atoms with E-state index in [1.54, 1.807) is 80.4 Å². The highest BCUT2D eigenvalue weighted by Gasteiger charge is 2.38. The number of carbonyl (C=O) groups excluding carboxylic acids is 8. The van der Waals surface area contributed by atoms with Gasteiger partial charge < -0.3 is 94.1 Å². The number of carbonyl (C=O) groups is 13. The zero-order valence-electron chi connectivity index (χ0n) is 57.8. The molecule has 37 heteroatoms. The summed E-state index contributed by atoms with van der Waals surface area (Å²) in [5.41, 5.74) is 7.96. The number of aliphatic hydroxyl groups is 2. The van der Waals surface area contributed by atoms with Crippen molar-refractivity contribution >= 4 is 110 Å². The SMILES string of the molecule is CC(=O)O.C[C@@H](O)C1NC(=O)[C@H](CCCCN)NC(=O)[C@@H](Cc2c[nH]c3ccccc23)NC(=O)C(Cc2ccc(O)cc2)NC(=O)[C@@H](NC(=O)[C@@H](Cc2ccccc2)NC(=O)CN2CCN(CC(=O)O)CCN(CC(=O)O)CCN(CC(=O)O)CC2)CSSCC(C(=O)N[C@H](C(=O)O)[C@@H](C)O)NC1=O. The Hall–Kier alpha value is -9.47. The van der Waals surface area contributed by atoms with E-state index in [0.29, 0.717) is 34.0 Å². The number of aromatic amines is 1. The Morgan fingerprint density at radius 2 is 1.08 bits per heavy atom. The molecular formula is C67H94N14O21S2. The van der Waals surface area contributed by atoms with Crippen LogP contribution in [0.4, 0.5) is 0 Å². The second-order valence-corrected chi connectivity index (χ2v) is 27.6. The third-order valence-electron chi connectivity index (χ3n) is 16.6. The molecule has 35 nitrogen and oxygen atoms in total. The Morgan fingerprint density at radius 3 is 1.61 bits per heavy atom. The molecule has 2 aliphatic heterocycles. The number of benzene rings is 3. The van der Waals surface area contributed by atoms with Gasteiger partial charge in [-0.2, -0.15) is 0 Å². The molecule has 2 fully saturated rings. The van der Waals surface area contributed by atoms with Gasteiger partial charge in [-0.05, 0) is 74.5 Å². The predicted molar refractivity (Wildman–Crippen MR) is 380 cm³/mol. The van der Waals surface area contributed by atoms with E-state index in [1.807, 2.05) is 0 Å². The fourth-order valence-corrected chi connectivity index (χ4v) is 13.4. The number of H-pyrrole nitrogens is 1. The molecule has 3 heterocycles. The number of aliphatic carboxylic acids is 5. The van der Waals surface area contributed by atoms with Gasteiger partial charge in [-0.3, -0.25) is 77.1 Å². The summed E-state index contributed by atoms with van der Waals surface area (Å²) in [6.45, 7) is 2.46. The lowest BCUT2D eigenvalue weighted by atomic mass is 10.0. The van der Waals surface area contributed by atoms with Crippen LogP contribution >= 0.6 is 21.6 Å². The number of aliphatic hydroxyl groups excluding tert-OH is 2. The van der Waals surface area contributed by atoms with Crippen molar-refractivity contribution in [2.45, 2.75) is 120 Å². The van der Waals surface area contributed by atoms with Crippen LogP contribution in [0, 0.1) is 0 Å². The van der Waals surface area contributed by atoms with E-state index in [2.05, 4.69) is 47.5 Å². The molecule has 104 heavy (non-hydrogen) atoms. The molecule has 1 aromatic heterocycles. The van der Waals surface area contributed by atoms with Gasteiger partial charge in [0.05, 0.1) is 38.4 Å². The van der Waals surface area contributed by atoms with Gasteiger partial charge in [0.1, 0.15) is 48.0 Å². The molecular weight excluding hydrogens is 1400 g/mol. The van der Waals surface area contributed by atoms with E-state index < -0.39 is 169 Å². The first-order chi connectivity index (χ1) is 49.4. The van der Waals surface area contributed by atoms with E-state index >= 15 is 14.4 Å². The number of hydrogen-bond acceptors (Lipinski definition) is 23. The first-order valence-electron chi connectivity index (χ1n) is 33.5. The number of para-hydroxylation sites is 1. The lowest BCUT2D eigenvalue weighted by Gasteiger charge is -2.33. The van der Waals surface area contributed by atoms with Crippen LogP contribution in [0.15, 0.2) is 85.1 Å². The number of unbranched alkanes of at least 4 members (excludes halogenated alkanes) is 1. The zero-order chi connectivity index (χ0) is 76.6. The maximum absolute atomic E-state index is 15.3. The fraction of sp³-hybridized carbons (Fsp3) is 0.507. The quantitative estimate of drug-likeness (QED) is 0.0216. The first kappa shape index (κ1) is 85.2. The summed E-state index contributed by atoms with van der Waals surface area (Å²) in [5.74, 6) is -14.8. The molecule has 8 amide bonds. The van der Waals surface area contributed by atoms with Crippen LogP contribution in [0.25, 0.3) is 10.9 Å². The number of nitrogens with zero attached hydrogens (tertiary/aromatic N) is 4. The number of phenolic OH excluding ortho intramolecular Hbond substituents is 1. The highest BCUT2D eigenvalue weighted by molar-refractivity contribution is 8.76. The Kier molecular flexibility index (Phi) is 35.7.